The monoisotopic (exact) mass is 289 g/mol. The predicted octanol–water partition coefficient (Wildman–Crippen LogP) is 2.61. The number of hydrogen-bond acceptors (Lipinski definition) is 5. The third-order valence-corrected chi connectivity index (χ3v) is 2.89. The van der Waals surface area contributed by atoms with Crippen molar-refractivity contribution in [2.24, 2.45) is 5.73 Å². The van der Waals surface area contributed by atoms with Crippen molar-refractivity contribution >= 4 is 23.1 Å². The summed E-state index contributed by atoms with van der Waals surface area (Å²) in [6.07, 6.45) is 5.10. The van der Waals surface area contributed by atoms with Crippen molar-refractivity contribution in [3.05, 3.63) is 59.7 Å². The fourth-order valence-corrected chi connectivity index (χ4v) is 1.89. The van der Waals surface area contributed by atoms with E-state index in [9.17, 15) is 0 Å². The fourth-order valence-electron chi connectivity index (χ4n) is 1.74. The molecular formula is C14H16ClN5. The first-order valence-corrected chi connectivity index (χ1v) is 6.51. The minimum absolute atomic E-state index is 0.219. The van der Waals surface area contributed by atoms with Crippen LogP contribution in [0.2, 0.25) is 5.15 Å². The van der Waals surface area contributed by atoms with Gasteiger partial charge in [0, 0.05) is 18.8 Å². The molecule has 0 saturated heterocycles. The summed E-state index contributed by atoms with van der Waals surface area (Å²) in [5.74, 6) is 0.627. The van der Waals surface area contributed by atoms with Crippen molar-refractivity contribution in [1.29, 1.82) is 0 Å². The summed E-state index contributed by atoms with van der Waals surface area (Å²) >= 11 is 5.85. The Morgan fingerprint density at radius 3 is 2.85 bits per heavy atom. The van der Waals surface area contributed by atoms with Gasteiger partial charge in [0.1, 0.15) is 17.3 Å². The molecule has 104 valence electrons. The summed E-state index contributed by atoms with van der Waals surface area (Å²) in [5, 5.41) is 6.52. The minimum Gasteiger partial charge on any atom is -0.394 e. The quantitative estimate of drug-likeness (QED) is 0.738. The third-order valence-electron chi connectivity index (χ3n) is 2.69. The topological polar surface area (TPSA) is 75.9 Å². The highest BCUT2D eigenvalue weighted by Gasteiger charge is 2.08. The van der Waals surface area contributed by atoms with Gasteiger partial charge >= 0.3 is 0 Å². The van der Waals surface area contributed by atoms with E-state index in [4.69, 9.17) is 17.3 Å². The molecule has 4 N–H and O–H groups in total. The first kappa shape index (κ1) is 14.3. The third kappa shape index (κ3) is 3.69. The molecule has 0 radical (unpaired) electrons. The zero-order valence-corrected chi connectivity index (χ0v) is 11.8. The van der Waals surface area contributed by atoms with Crippen LogP contribution in [0.1, 0.15) is 11.6 Å². The van der Waals surface area contributed by atoms with Gasteiger partial charge in [-0.05, 0) is 23.9 Å². The van der Waals surface area contributed by atoms with Gasteiger partial charge in [-0.1, -0.05) is 29.8 Å². The zero-order valence-electron chi connectivity index (χ0n) is 11.0. The molecule has 1 atom stereocenters. The number of para-hydroxylation sites is 1. The Morgan fingerprint density at radius 1 is 1.30 bits per heavy atom. The van der Waals surface area contributed by atoms with Gasteiger partial charge < -0.3 is 16.4 Å². The van der Waals surface area contributed by atoms with Crippen molar-refractivity contribution in [1.82, 2.24) is 15.3 Å². The smallest absolute Gasteiger partial charge is 0.135 e. The Hall–Kier alpha value is -2.11. The summed E-state index contributed by atoms with van der Waals surface area (Å²) in [7, 11) is 1.83. The van der Waals surface area contributed by atoms with Crippen LogP contribution in [-0.4, -0.2) is 17.0 Å². The molecule has 0 saturated carbocycles. The Balaban J connectivity index is 2.26. The van der Waals surface area contributed by atoms with E-state index < -0.39 is 0 Å². The average molecular weight is 290 g/mol. The van der Waals surface area contributed by atoms with Crippen LogP contribution in [0.5, 0.6) is 0 Å². The highest BCUT2D eigenvalue weighted by atomic mass is 35.5. The molecule has 0 bridgehead atoms. The second-order valence-corrected chi connectivity index (χ2v) is 4.50. The Labute approximate surface area is 122 Å². The minimum atomic E-state index is -0.219. The number of anilines is 2. The van der Waals surface area contributed by atoms with Crippen LogP contribution in [0.15, 0.2) is 48.9 Å². The Morgan fingerprint density at radius 2 is 2.10 bits per heavy atom. The molecule has 0 amide bonds. The summed E-state index contributed by atoms with van der Waals surface area (Å²) in [4.78, 5) is 7.97. The van der Waals surface area contributed by atoms with Crippen LogP contribution in [-0.2, 0) is 0 Å². The first-order valence-electron chi connectivity index (χ1n) is 6.13. The average Bonchev–Trinajstić information content (AvgIpc) is 2.45. The molecule has 5 nitrogen and oxygen atoms in total. The number of hydrogen-bond donors (Lipinski definition) is 3. The zero-order chi connectivity index (χ0) is 14.4. The van der Waals surface area contributed by atoms with Crippen molar-refractivity contribution < 1.29 is 0 Å². The van der Waals surface area contributed by atoms with Gasteiger partial charge in [0.25, 0.3) is 0 Å². The summed E-state index contributed by atoms with van der Waals surface area (Å²) in [5.41, 5.74) is 7.99. The van der Waals surface area contributed by atoms with E-state index in [-0.39, 0.29) is 6.04 Å². The lowest BCUT2D eigenvalue weighted by atomic mass is 10.1. The summed E-state index contributed by atoms with van der Waals surface area (Å²) < 4.78 is 0. The number of rotatable bonds is 5. The lowest BCUT2D eigenvalue weighted by molar-refractivity contribution is 0.898. The molecule has 6 heteroatoms. The van der Waals surface area contributed by atoms with E-state index in [1.807, 2.05) is 43.6 Å². The van der Waals surface area contributed by atoms with Crippen LogP contribution in [0, 0.1) is 0 Å². The molecule has 0 fully saturated rings. The largest absolute Gasteiger partial charge is 0.394 e. The van der Waals surface area contributed by atoms with E-state index in [0.29, 0.717) is 11.0 Å². The van der Waals surface area contributed by atoms with Crippen LogP contribution >= 0.6 is 11.6 Å². The molecule has 0 aliphatic heterocycles. The number of nitrogens with one attached hydrogen (secondary N) is 2. The number of aromatic nitrogens is 2. The number of nitrogens with zero attached hydrogens (tertiary/aromatic N) is 2. The molecule has 1 unspecified atom stereocenters. The molecule has 20 heavy (non-hydrogen) atoms. The fraction of sp³-hybridized carbons (Fsp3) is 0.143. The lowest BCUT2D eigenvalue weighted by Gasteiger charge is -2.14. The van der Waals surface area contributed by atoms with Crippen LogP contribution in [0.3, 0.4) is 0 Å². The number of nitrogens with two attached hydrogens (primary N) is 1. The Bertz CT molecular complexity index is 600. The molecular weight excluding hydrogens is 274 g/mol. The van der Waals surface area contributed by atoms with E-state index in [1.54, 1.807) is 6.07 Å². The van der Waals surface area contributed by atoms with Crippen LogP contribution in [0.25, 0.3) is 0 Å². The van der Waals surface area contributed by atoms with Gasteiger partial charge in [0.2, 0.25) is 0 Å². The maximum atomic E-state index is 6.14. The second-order valence-electron chi connectivity index (χ2n) is 4.11. The van der Waals surface area contributed by atoms with Gasteiger partial charge in [0.05, 0.1) is 6.04 Å². The maximum Gasteiger partial charge on any atom is 0.135 e. The molecule has 1 heterocycles. The van der Waals surface area contributed by atoms with Gasteiger partial charge in [-0.3, -0.25) is 0 Å². The molecule has 2 aromatic rings. The van der Waals surface area contributed by atoms with Crippen molar-refractivity contribution in [2.45, 2.75) is 6.04 Å². The molecule has 1 aromatic carbocycles. The van der Waals surface area contributed by atoms with Gasteiger partial charge in [-0.25, -0.2) is 9.97 Å². The molecule has 1 aromatic heterocycles. The summed E-state index contributed by atoms with van der Waals surface area (Å²) in [6, 6.07) is 9.23. The SMILES string of the molecule is CN/C=C\C(N)c1ccccc1Nc1cc(Cl)ncn1. The molecule has 2 rings (SSSR count). The maximum absolute atomic E-state index is 6.14. The summed E-state index contributed by atoms with van der Waals surface area (Å²) in [6.45, 7) is 0. The van der Waals surface area contributed by atoms with Gasteiger partial charge in [0.15, 0.2) is 0 Å². The predicted molar refractivity (Wildman–Crippen MR) is 81.9 cm³/mol. The first-order chi connectivity index (χ1) is 9.70. The van der Waals surface area contributed by atoms with E-state index in [1.165, 1.54) is 6.33 Å². The van der Waals surface area contributed by atoms with Gasteiger partial charge in [-0.2, -0.15) is 0 Å². The van der Waals surface area contributed by atoms with Crippen LogP contribution in [0.4, 0.5) is 11.5 Å². The lowest BCUT2D eigenvalue weighted by Crippen LogP contribution is -2.11. The second kappa shape index (κ2) is 6.88. The van der Waals surface area contributed by atoms with E-state index in [2.05, 4.69) is 20.6 Å². The van der Waals surface area contributed by atoms with Crippen molar-refractivity contribution in [2.75, 3.05) is 12.4 Å². The highest BCUT2D eigenvalue weighted by molar-refractivity contribution is 6.29. The van der Waals surface area contributed by atoms with Crippen molar-refractivity contribution in [3.63, 3.8) is 0 Å². The molecule has 0 aliphatic carbocycles. The molecule has 0 aliphatic rings. The Kier molecular flexibility index (Phi) is 4.92. The number of halogens is 1. The van der Waals surface area contributed by atoms with Gasteiger partial charge in [-0.15, -0.1) is 0 Å². The van der Waals surface area contributed by atoms with Crippen molar-refractivity contribution in [3.8, 4) is 0 Å². The molecule has 0 spiro atoms. The standard InChI is InChI=1S/C14H16ClN5/c1-17-7-6-11(16)10-4-2-3-5-12(10)20-14-8-13(15)18-9-19-14/h2-9,11,17H,16H2,1H3,(H,18,19,20)/b7-6-. The highest BCUT2D eigenvalue weighted by Crippen LogP contribution is 2.25. The van der Waals surface area contributed by atoms with E-state index >= 15 is 0 Å². The number of benzene rings is 1. The normalized spacial score (nSPS) is 12.3. The van der Waals surface area contributed by atoms with Crippen LogP contribution < -0.4 is 16.4 Å². The van der Waals surface area contributed by atoms with E-state index in [0.717, 1.165) is 11.3 Å².